The summed E-state index contributed by atoms with van der Waals surface area (Å²) in [6.07, 6.45) is 0. The van der Waals surface area contributed by atoms with Crippen molar-refractivity contribution in [3.63, 3.8) is 0 Å². The van der Waals surface area contributed by atoms with Gasteiger partial charge in [-0.25, -0.2) is 4.57 Å². The Morgan fingerprint density at radius 1 is 0.586 bits per heavy atom. The molecule has 0 fully saturated rings. The third-order valence-electron chi connectivity index (χ3n) is 4.50. The smallest absolute Gasteiger partial charge is 0.411 e. The molecule has 0 bridgehead atoms. The number of benzene rings is 4. The van der Waals surface area contributed by atoms with Crippen LogP contribution in [0.3, 0.4) is 0 Å². The summed E-state index contributed by atoms with van der Waals surface area (Å²) >= 11 is 0. The molecular weight excluding hydrogens is 379 g/mol. The topological polar surface area (TPSA) is 35.5 Å². The SMILES string of the molecule is O=P(OCc1ccccc1)(Oc1ccc(-c2ccccc2)cc1)c1ccccc1. The molecular formula is C25H21O3P. The van der Waals surface area contributed by atoms with Crippen LogP contribution in [0.4, 0.5) is 0 Å². The van der Waals surface area contributed by atoms with Gasteiger partial charge in [0.15, 0.2) is 0 Å². The van der Waals surface area contributed by atoms with Crippen molar-refractivity contribution in [2.24, 2.45) is 0 Å². The lowest BCUT2D eigenvalue weighted by atomic mass is 10.1. The molecule has 4 rings (SSSR count). The van der Waals surface area contributed by atoms with Gasteiger partial charge in [0.25, 0.3) is 0 Å². The van der Waals surface area contributed by atoms with Gasteiger partial charge in [0, 0.05) is 0 Å². The minimum absolute atomic E-state index is 0.203. The van der Waals surface area contributed by atoms with Crippen molar-refractivity contribution in [2.45, 2.75) is 6.61 Å². The lowest BCUT2D eigenvalue weighted by Gasteiger charge is -2.20. The Labute approximate surface area is 171 Å². The Morgan fingerprint density at radius 2 is 1.10 bits per heavy atom. The van der Waals surface area contributed by atoms with Crippen LogP contribution in [-0.2, 0) is 15.7 Å². The fourth-order valence-corrected chi connectivity index (χ4v) is 4.54. The van der Waals surface area contributed by atoms with Gasteiger partial charge in [-0.3, -0.25) is 4.52 Å². The van der Waals surface area contributed by atoms with Crippen LogP contribution in [-0.4, -0.2) is 0 Å². The lowest BCUT2D eigenvalue weighted by molar-refractivity contribution is 0.264. The first-order valence-corrected chi connectivity index (χ1v) is 11.0. The molecule has 1 unspecified atom stereocenters. The predicted octanol–water partition coefficient (Wildman–Crippen LogP) is 6.47. The molecule has 144 valence electrons. The summed E-state index contributed by atoms with van der Waals surface area (Å²) in [6, 6.07) is 36.4. The van der Waals surface area contributed by atoms with E-state index < -0.39 is 7.60 Å². The standard InChI is InChI=1S/C25H21O3P/c26-29(25-14-8-3-9-15-25,27-20-21-10-4-1-5-11-21)28-24-18-16-23(17-19-24)22-12-6-2-7-13-22/h1-19H,20H2. The highest BCUT2D eigenvalue weighted by molar-refractivity contribution is 7.62. The molecule has 0 saturated carbocycles. The van der Waals surface area contributed by atoms with E-state index in [-0.39, 0.29) is 6.61 Å². The monoisotopic (exact) mass is 400 g/mol. The fourth-order valence-electron chi connectivity index (χ4n) is 2.98. The first-order valence-electron chi connectivity index (χ1n) is 9.42. The third kappa shape index (κ3) is 4.83. The highest BCUT2D eigenvalue weighted by Gasteiger charge is 2.29. The first kappa shape index (κ1) is 19.2. The van der Waals surface area contributed by atoms with Crippen molar-refractivity contribution in [3.05, 3.63) is 121 Å². The molecule has 4 aromatic carbocycles. The van der Waals surface area contributed by atoms with Crippen LogP contribution < -0.4 is 9.83 Å². The van der Waals surface area contributed by atoms with Gasteiger partial charge in [0.05, 0.1) is 11.9 Å². The van der Waals surface area contributed by atoms with E-state index in [2.05, 4.69) is 0 Å². The Bertz CT molecular complexity index is 1080. The molecule has 0 aliphatic rings. The normalized spacial score (nSPS) is 12.8. The molecule has 4 heteroatoms. The van der Waals surface area contributed by atoms with Crippen LogP contribution in [0.25, 0.3) is 11.1 Å². The van der Waals surface area contributed by atoms with Crippen LogP contribution in [0.1, 0.15) is 5.56 Å². The van der Waals surface area contributed by atoms with E-state index in [1.54, 1.807) is 12.1 Å². The van der Waals surface area contributed by atoms with E-state index in [0.29, 0.717) is 11.1 Å². The Balaban J connectivity index is 1.57. The van der Waals surface area contributed by atoms with Gasteiger partial charge in [0.2, 0.25) is 0 Å². The Kier molecular flexibility index (Phi) is 5.90. The molecule has 0 heterocycles. The average Bonchev–Trinajstić information content (AvgIpc) is 2.80. The van der Waals surface area contributed by atoms with Crippen LogP contribution in [0, 0.1) is 0 Å². The molecule has 29 heavy (non-hydrogen) atoms. The second-order valence-electron chi connectivity index (χ2n) is 6.57. The van der Waals surface area contributed by atoms with E-state index in [1.165, 1.54) is 0 Å². The van der Waals surface area contributed by atoms with Gasteiger partial charge in [-0.2, -0.15) is 0 Å². The zero-order valence-corrected chi connectivity index (χ0v) is 16.7. The molecule has 0 amide bonds. The number of hydrogen-bond donors (Lipinski definition) is 0. The van der Waals surface area contributed by atoms with Gasteiger partial charge in [-0.1, -0.05) is 91.0 Å². The fraction of sp³-hybridized carbons (Fsp3) is 0.0400. The summed E-state index contributed by atoms with van der Waals surface area (Å²) in [7, 11) is -3.55. The maximum absolute atomic E-state index is 13.7. The van der Waals surface area contributed by atoms with Crippen LogP contribution in [0.5, 0.6) is 5.75 Å². The molecule has 3 nitrogen and oxygen atoms in total. The van der Waals surface area contributed by atoms with Gasteiger partial charge in [0.1, 0.15) is 5.75 Å². The van der Waals surface area contributed by atoms with Gasteiger partial charge >= 0.3 is 7.60 Å². The highest BCUT2D eigenvalue weighted by Crippen LogP contribution is 2.48. The highest BCUT2D eigenvalue weighted by atomic mass is 31.2. The van der Waals surface area contributed by atoms with Crippen molar-refractivity contribution in [1.82, 2.24) is 0 Å². The summed E-state index contributed by atoms with van der Waals surface area (Å²) < 4.78 is 25.5. The van der Waals surface area contributed by atoms with Gasteiger partial charge in [-0.15, -0.1) is 0 Å². The minimum atomic E-state index is -3.55. The van der Waals surface area contributed by atoms with Crippen molar-refractivity contribution in [2.75, 3.05) is 0 Å². The van der Waals surface area contributed by atoms with E-state index in [4.69, 9.17) is 9.05 Å². The van der Waals surface area contributed by atoms with Gasteiger partial charge in [-0.05, 0) is 41.0 Å². The van der Waals surface area contributed by atoms with Crippen LogP contribution >= 0.6 is 7.60 Å². The zero-order chi connectivity index (χ0) is 19.9. The lowest BCUT2D eigenvalue weighted by Crippen LogP contribution is -2.12. The van der Waals surface area contributed by atoms with E-state index in [1.807, 2.05) is 103 Å². The molecule has 0 spiro atoms. The van der Waals surface area contributed by atoms with Crippen molar-refractivity contribution in [1.29, 1.82) is 0 Å². The summed E-state index contributed by atoms with van der Waals surface area (Å²) in [5, 5.41) is 0.531. The van der Waals surface area contributed by atoms with Crippen LogP contribution in [0.2, 0.25) is 0 Å². The third-order valence-corrected chi connectivity index (χ3v) is 6.35. The van der Waals surface area contributed by atoms with Crippen molar-refractivity contribution < 1.29 is 13.6 Å². The molecule has 0 aromatic heterocycles. The molecule has 0 aliphatic carbocycles. The average molecular weight is 400 g/mol. The molecule has 1 atom stereocenters. The molecule has 4 aromatic rings. The Hall–Kier alpha value is -3.13. The first-order chi connectivity index (χ1) is 14.2. The van der Waals surface area contributed by atoms with Gasteiger partial charge < -0.3 is 4.52 Å². The predicted molar refractivity (Wildman–Crippen MR) is 117 cm³/mol. The maximum atomic E-state index is 13.7. The van der Waals surface area contributed by atoms with E-state index in [9.17, 15) is 4.57 Å². The summed E-state index contributed by atoms with van der Waals surface area (Å²) in [4.78, 5) is 0. The maximum Gasteiger partial charge on any atom is 0.411 e. The largest absolute Gasteiger partial charge is 0.421 e. The number of hydrogen-bond acceptors (Lipinski definition) is 3. The summed E-state index contributed by atoms with van der Waals surface area (Å²) in [6.45, 7) is 0.203. The minimum Gasteiger partial charge on any atom is -0.421 e. The zero-order valence-electron chi connectivity index (χ0n) is 15.8. The second-order valence-corrected chi connectivity index (χ2v) is 8.53. The Morgan fingerprint density at radius 3 is 1.72 bits per heavy atom. The molecule has 0 N–H and O–H groups in total. The van der Waals surface area contributed by atoms with Crippen LogP contribution in [0.15, 0.2) is 115 Å². The second kappa shape index (κ2) is 8.91. The quantitative estimate of drug-likeness (QED) is 0.334. The summed E-state index contributed by atoms with van der Waals surface area (Å²) in [5.41, 5.74) is 3.12. The number of rotatable bonds is 7. The summed E-state index contributed by atoms with van der Waals surface area (Å²) in [5.74, 6) is 0.505. The van der Waals surface area contributed by atoms with Crippen molar-refractivity contribution in [3.8, 4) is 16.9 Å². The van der Waals surface area contributed by atoms with Crippen molar-refractivity contribution >= 4 is 12.9 Å². The van der Waals surface area contributed by atoms with E-state index in [0.717, 1.165) is 16.7 Å². The molecule has 0 aliphatic heterocycles. The van der Waals surface area contributed by atoms with E-state index >= 15 is 0 Å². The molecule has 0 saturated heterocycles. The molecule has 0 radical (unpaired) electrons.